The van der Waals surface area contributed by atoms with Crippen molar-refractivity contribution in [3.05, 3.63) is 47.7 Å². The van der Waals surface area contributed by atoms with E-state index in [1.165, 1.54) is 5.56 Å². The quantitative estimate of drug-likeness (QED) is 0.769. The van der Waals surface area contributed by atoms with E-state index in [1.807, 2.05) is 36.0 Å². The first-order chi connectivity index (χ1) is 10.8. The first-order valence-electron chi connectivity index (χ1n) is 8.14. The Bertz CT molecular complexity index is 547. The Morgan fingerprint density at radius 2 is 1.91 bits per heavy atom. The van der Waals surface area contributed by atoms with Crippen LogP contribution >= 0.6 is 0 Å². The molecule has 0 aliphatic rings. The maximum Gasteiger partial charge on any atom is 0.212 e. The molecule has 1 aromatic carbocycles. The normalized spacial score (nSPS) is 11.1. The molecule has 0 saturated carbocycles. The van der Waals surface area contributed by atoms with Crippen molar-refractivity contribution in [1.82, 2.24) is 15.1 Å². The minimum absolute atomic E-state index is 0.578. The van der Waals surface area contributed by atoms with Crippen LogP contribution in [0.1, 0.15) is 37.9 Å². The molecule has 22 heavy (non-hydrogen) atoms. The Balaban J connectivity index is 2.09. The van der Waals surface area contributed by atoms with Crippen LogP contribution in [0.3, 0.4) is 0 Å². The van der Waals surface area contributed by atoms with Crippen molar-refractivity contribution in [3.8, 4) is 5.88 Å². The molecule has 2 aromatic rings. The lowest BCUT2D eigenvalue weighted by molar-refractivity contribution is 0.258. The zero-order valence-corrected chi connectivity index (χ0v) is 13.9. The average Bonchev–Trinajstić information content (AvgIpc) is 2.93. The third kappa shape index (κ3) is 4.60. The largest absolute Gasteiger partial charge is 0.473 e. The van der Waals surface area contributed by atoms with Crippen molar-refractivity contribution >= 4 is 0 Å². The van der Waals surface area contributed by atoms with Crippen molar-refractivity contribution < 1.29 is 4.74 Å². The zero-order valence-electron chi connectivity index (χ0n) is 13.9. The van der Waals surface area contributed by atoms with Crippen LogP contribution in [-0.4, -0.2) is 16.8 Å². The van der Waals surface area contributed by atoms with Crippen molar-refractivity contribution in [3.63, 3.8) is 0 Å². The van der Waals surface area contributed by atoms with Gasteiger partial charge in [-0.2, -0.15) is 5.10 Å². The molecule has 0 aliphatic heterocycles. The molecule has 0 radical (unpaired) electrons. The second-order valence-corrected chi connectivity index (χ2v) is 5.64. The van der Waals surface area contributed by atoms with Crippen LogP contribution in [0.15, 0.2) is 36.4 Å². The molecule has 0 amide bonds. The number of ether oxygens (including phenoxy) is 1. The molecule has 0 saturated heterocycles. The molecule has 0 aliphatic carbocycles. The maximum absolute atomic E-state index is 6.01. The highest BCUT2D eigenvalue weighted by molar-refractivity contribution is 5.19. The van der Waals surface area contributed by atoms with E-state index in [2.05, 4.69) is 36.4 Å². The highest BCUT2D eigenvalue weighted by atomic mass is 16.5. The molecule has 2 rings (SSSR count). The molecule has 1 heterocycles. The van der Waals surface area contributed by atoms with E-state index in [4.69, 9.17) is 4.74 Å². The van der Waals surface area contributed by atoms with Gasteiger partial charge in [-0.3, -0.25) is 0 Å². The summed E-state index contributed by atoms with van der Waals surface area (Å²) in [6.45, 7) is 6.72. The molecule has 0 spiro atoms. The minimum Gasteiger partial charge on any atom is -0.473 e. The summed E-state index contributed by atoms with van der Waals surface area (Å²) in [5.41, 5.74) is 2.20. The van der Waals surface area contributed by atoms with E-state index in [-0.39, 0.29) is 0 Å². The summed E-state index contributed by atoms with van der Waals surface area (Å²) in [6.07, 6.45) is 2.33. The fraction of sp³-hybridized carbons (Fsp3) is 0.500. The van der Waals surface area contributed by atoms with Crippen molar-refractivity contribution in [2.24, 2.45) is 5.92 Å². The minimum atomic E-state index is 0.578. The lowest BCUT2D eigenvalue weighted by Crippen LogP contribution is -2.13. The molecule has 4 nitrogen and oxygen atoms in total. The van der Waals surface area contributed by atoms with Crippen LogP contribution in [0.5, 0.6) is 5.88 Å². The van der Waals surface area contributed by atoms with Crippen LogP contribution in [0.2, 0.25) is 0 Å². The zero-order chi connectivity index (χ0) is 15.8. The van der Waals surface area contributed by atoms with Gasteiger partial charge in [0.2, 0.25) is 5.88 Å². The number of hydrogen-bond donors (Lipinski definition) is 1. The van der Waals surface area contributed by atoms with Crippen LogP contribution in [-0.2, 0) is 19.7 Å². The highest BCUT2D eigenvalue weighted by Gasteiger charge is 2.13. The molecule has 4 heteroatoms. The van der Waals surface area contributed by atoms with Gasteiger partial charge in [-0.05, 0) is 18.5 Å². The Labute approximate surface area is 133 Å². The number of aromatic nitrogens is 2. The molecule has 0 atom stereocenters. The van der Waals surface area contributed by atoms with Gasteiger partial charge in [0.25, 0.3) is 0 Å². The average molecular weight is 301 g/mol. The molecule has 0 bridgehead atoms. The standard InChI is InChI=1S/C18H27N3O/c1-4-15(5-2)13-21-18(11-17(20-21)12-19-3)22-14-16-9-7-6-8-10-16/h6-11,15,19H,4-5,12-14H2,1-3H3. The highest BCUT2D eigenvalue weighted by Crippen LogP contribution is 2.20. The molecular formula is C18H27N3O. The van der Waals surface area contributed by atoms with E-state index in [1.54, 1.807) is 0 Å². The van der Waals surface area contributed by atoms with Gasteiger partial charge < -0.3 is 10.1 Å². The Morgan fingerprint density at radius 1 is 1.18 bits per heavy atom. The van der Waals surface area contributed by atoms with Crippen molar-refractivity contribution in [2.75, 3.05) is 7.05 Å². The summed E-state index contributed by atoms with van der Waals surface area (Å²) in [7, 11) is 1.93. The smallest absolute Gasteiger partial charge is 0.212 e. The number of hydrogen-bond acceptors (Lipinski definition) is 3. The fourth-order valence-electron chi connectivity index (χ4n) is 2.49. The Morgan fingerprint density at radius 3 is 2.55 bits per heavy atom. The molecule has 0 unspecified atom stereocenters. The topological polar surface area (TPSA) is 39.1 Å². The van der Waals surface area contributed by atoms with Crippen LogP contribution in [0.25, 0.3) is 0 Å². The number of benzene rings is 1. The summed E-state index contributed by atoms with van der Waals surface area (Å²) < 4.78 is 8.03. The number of nitrogens with one attached hydrogen (secondary N) is 1. The van der Waals surface area contributed by atoms with Crippen LogP contribution in [0, 0.1) is 5.92 Å². The molecular weight excluding hydrogens is 274 g/mol. The lowest BCUT2D eigenvalue weighted by Gasteiger charge is -2.15. The number of nitrogens with zero attached hydrogens (tertiary/aromatic N) is 2. The Kier molecular flexibility index (Phi) is 6.46. The van der Waals surface area contributed by atoms with Gasteiger partial charge in [-0.1, -0.05) is 57.0 Å². The van der Waals surface area contributed by atoms with E-state index in [0.717, 1.165) is 37.5 Å². The summed E-state index contributed by atoms with van der Waals surface area (Å²) in [4.78, 5) is 0. The predicted octanol–water partition coefficient (Wildman–Crippen LogP) is 3.62. The maximum atomic E-state index is 6.01. The van der Waals surface area contributed by atoms with E-state index in [0.29, 0.717) is 12.5 Å². The molecule has 1 aromatic heterocycles. The molecule has 120 valence electrons. The molecule has 0 fully saturated rings. The van der Waals surface area contributed by atoms with E-state index >= 15 is 0 Å². The van der Waals surface area contributed by atoms with Crippen LogP contribution in [0.4, 0.5) is 0 Å². The van der Waals surface area contributed by atoms with Gasteiger partial charge in [-0.15, -0.1) is 0 Å². The van der Waals surface area contributed by atoms with Gasteiger partial charge in [0.1, 0.15) is 6.61 Å². The first-order valence-corrected chi connectivity index (χ1v) is 8.14. The van der Waals surface area contributed by atoms with Gasteiger partial charge in [-0.25, -0.2) is 4.68 Å². The SMILES string of the molecule is CCC(CC)Cn1nc(CNC)cc1OCc1ccccc1. The predicted molar refractivity (Wildman–Crippen MR) is 89.8 cm³/mol. The second-order valence-electron chi connectivity index (χ2n) is 5.64. The summed E-state index contributed by atoms with van der Waals surface area (Å²) in [5, 5.41) is 7.83. The second kappa shape index (κ2) is 8.59. The Hall–Kier alpha value is -1.81. The third-order valence-corrected chi connectivity index (χ3v) is 3.97. The van der Waals surface area contributed by atoms with Crippen LogP contribution < -0.4 is 10.1 Å². The summed E-state index contributed by atoms with van der Waals surface area (Å²) in [6, 6.07) is 12.3. The summed E-state index contributed by atoms with van der Waals surface area (Å²) >= 11 is 0. The van der Waals surface area contributed by atoms with Gasteiger partial charge in [0, 0.05) is 19.2 Å². The van der Waals surface area contributed by atoms with Crippen molar-refractivity contribution in [1.29, 1.82) is 0 Å². The lowest BCUT2D eigenvalue weighted by atomic mass is 10.0. The molecule has 1 N–H and O–H groups in total. The number of rotatable bonds is 9. The van der Waals surface area contributed by atoms with Crippen molar-refractivity contribution in [2.45, 2.75) is 46.4 Å². The monoisotopic (exact) mass is 301 g/mol. The van der Waals surface area contributed by atoms with E-state index < -0.39 is 0 Å². The van der Waals surface area contributed by atoms with Gasteiger partial charge in [0.15, 0.2) is 0 Å². The fourth-order valence-corrected chi connectivity index (χ4v) is 2.49. The van der Waals surface area contributed by atoms with Gasteiger partial charge in [0.05, 0.1) is 5.69 Å². The van der Waals surface area contributed by atoms with E-state index in [9.17, 15) is 0 Å². The first kappa shape index (κ1) is 16.6. The third-order valence-electron chi connectivity index (χ3n) is 3.97. The van der Waals surface area contributed by atoms with Gasteiger partial charge >= 0.3 is 0 Å². The summed E-state index contributed by atoms with van der Waals surface area (Å²) in [5.74, 6) is 1.50.